The third-order valence-corrected chi connectivity index (χ3v) is 3.94. The number of quaternary nitrogens is 1. The van der Waals surface area contributed by atoms with Crippen molar-refractivity contribution in [3.8, 4) is 0 Å². The first kappa shape index (κ1) is 15.5. The molecule has 2 rings (SSSR count). The molecule has 1 aliphatic heterocycles. The summed E-state index contributed by atoms with van der Waals surface area (Å²) in [5.74, 6) is -0.289. The Balaban J connectivity index is 2.29. The standard InChI is InChI=1S/C14H22N4O3/c1-2-6-18-12(15)11(13(20)16-14(18)21)10(19)9-17-7-4-3-5-8-17/h2-9,15H2,1H3,(H,16,20,21)/p+1. The molecule has 1 saturated heterocycles. The van der Waals surface area contributed by atoms with Gasteiger partial charge in [-0.3, -0.25) is 19.1 Å². The van der Waals surface area contributed by atoms with E-state index >= 15 is 0 Å². The van der Waals surface area contributed by atoms with Crippen LogP contribution in [0.15, 0.2) is 9.59 Å². The van der Waals surface area contributed by atoms with Gasteiger partial charge in [-0.25, -0.2) is 4.79 Å². The van der Waals surface area contributed by atoms with Crippen molar-refractivity contribution in [3.63, 3.8) is 0 Å². The second-order valence-corrected chi connectivity index (χ2v) is 5.58. The summed E-state index contributed by atoms with van der Waals surface area (Å²) >= 11 is 0. The number of carbonyl (C=O) groups excluding carboxylic acids is 1. The Hall–Kier alpha value is -1.89. The van der Waals surface area contributed by atoms with Gasteiger partial charge in [0.15, 0.2) is 0 Å². The zero-order chi connectivity index (χ0) is 15.4. The van der Waals surface area contributed by atoms with Crippen LogP contribution in [-0.4, -0.2) is 35.0 Å². The Labute approximate surface area is 122 Å². The van der Waals surface area contributed by atoms with Gasteiger partial charge in [-0.05, 0) is 25.7 Å². The maximum Gasteiger partial charge on any atom is 0.329 e. The summed E-state index contributed by atoms with van der Waals surface area (Å²) < 4.78 is 1.26. The molecule has 7 nitrogen and oxygen atoms in total. The van der Waals surface area contributed by atoms with E-state index in [1.807, 2.05) is 6.92 Å². The minimum Gasteiger partial charge on any atom is -0.384 e. The zero-order valence-corrected chi connectivity index (χ0v) is 12.4. The van der Waals surface area contributed by atoms with E-state index in [1.54, 1.807) is 0 Å². The number of aromatic nitrogens is 2. The largest absolute Gasteiger partial charge is 0.384 e. The lowest BCUT2D eigenvalue weighted by Crippen LogP contribution is -3.13. The van der Waals surface area contributed by atoms with Crippen LogP contribution < -0.4 is 21.9 Å². The van der Waals surface area contributed by atoms with E-state index in [-0.39, 0.29) is 23.7 Å². The van der Waals surface area contributed by atoms with Crippen LogP contribution >= 0.6 is 0 Å². The summed E-state index contributed by atoms with van der Waals surface area (Å²) in [5.41, 5.74) is 4.59. The van der Waals surface area contributed by atoms with Crippen molar-refractivity contribution >= 4 is 11.6 Å². The smallest absolute Gasteiger partial charge is 0.329 e. The Morgan fingerprint density at radius 2 is 1.95 bits per heavy atom. The molecule has 116 valence electrons. The summed E-state index contributed by atoms with van der Waals surface area (Å²) in [5, 5.41) is 0. The first-order valence-electron chi connectivity index (χ1n) is 7.54. The Morgan fingerprint density at radius 3 is 2.57 bits per heavy atom. The fraction of sp³-hybridized carbons (Fsp3) is 0.643. The fourth-order valence-electron chi connectivity index (χ4n) is 2.85. The summed E-state index contributed by atoms with van der Waals surface area (Å²) in [6.07, 6.45) is 4.09. The number of likely N-dealkylation sites (tertiary alicyclic amines) is 1. The molecule has 4 N–H and O–H groups in total. The number of piperidine rings is 1. The predicted molar refractivity (Wildman–Crippen MR) is 79.8 cm³/mol. The SMILES string of the molecule is CCCn1c(N)c(C(=O)C[NH+]2CCCCC2)c(=O)[nH]c1=O. The van der Waals surface area contributed by atoms with E-state index in [2.05, 4.69) is 4.98 Å². The van der Waals surface area contributed by atoms with Gasteiger partial charge in [-0.2, -0.15) is 0 Å². The summed E-state index contributed by atoms with van der Waals surface area (Å²) in [7, 11) is 0. The van der Waals surface area contributed by atoms with E-state index in [0.717, 1.165) is 25.9 Å². The van der Waals surface area contributed by atoms with Crippen molar-refractivity contribution in [2.75, 3.05) is 25.4 Å². The Kier molecular flexibility index (Phi) is 4.95. The summed E-state index contributed by atoms with van der Waals surface area (Å²) in [6.45, 7) is 4.43. The topological polar surface area (TPSA) is 102 Å². The molecule has 1 aromatic heterocycles. The van der Waals surface area contributed by atoms with Crippen LogP contribution in [0.5, 0.6) is 0 Å². The second kappa shape index (κ2) is 6.71. The number of anilines is 1. The van der Waals surface area contributed by atoms with Crippen molar-refractivity contribution in [2.24, 2.45) is 0 Å². The van der Waals surface area contributed by atoms with Gasteiger partial charge in [0, 0.05) is 6.54 Å². The van der Waals surface area contributed by atoms with E-state index < -0.39 is 11.2 Å². The number of H-pyrrole nitrogens is 1. The van der Waals surface area contributed by atoms with Crippen LogP contribution in [0.4, 0.5) is 5.82 Å². The number of hydrogen-bond acceptors (Lipinski definition) is 4. The highest BCUT2D eigenvalue weighted by molar-refractivity contribution is 6.00. The van der Waals surface area contributed by atoms with Crippen LogP contribution in [0.2, 0.25) is 0 Å². The van der Waals surface area contributed by atoms with Crippen LogP contribution in [0.3, 0.4) is 0 Å². The molecule has 1 aliphatic rings. The Bertz CT molecular complexity index is 626. The van der Waals surface area contributed by atoms with Gasteiger partial charge in [0.2, 0.25) is 5.78 Å². The highest BCUT2D eigenvalue weighted by Gasteiger charge is 2.24. The lowest BCUT2D eigenvalue weighted by molar-refractivity contribution is -0.896. The quantitative estimate of drug-likeness (QED) is 0.593. The Morgan fingerprint density at radius 1 is 1.29 bits per heavy atom. The number of rotatable bonds is 5. The predicted octanol–water partition coefficient (Wildman–Crippen LogP) is -1.22. The fourth-order valence-corrected chi connectivity index (χ4v) is 2.85. The van der Waals surface area contributed by atoms with Gasteiger partial charge in [-0.15, -0.1) is 0 Å². The normalized spacial score (nSPS) is 16.0. The highest BCUT2D eigenvalue weighted by atomic mass is 16.2. The molecule has 0 atom stereocenters. The molecule has 1 fully saturated rings. The third-order valence-electron chi connectivity index (χ3n) is 3.94. The van der Waals surface area contributed by atoms with Crippen molar-refractivity contribution < 1.29 is 9.69 Å². The van der Waals surface area contributed by atoms with Crippen LogP contribution in [0, 0.1) is 0 Å². The number of nitrogens with zero attached hydrogens (tertiary/aromatic N) is 1. The number of hydrogen-bond donors (Lipinski definition) is 3. The maximum atomic E-state index is 12.4. The lowest BCUT2D eigenvalue weighted by atomic mass is 10.1. The minimum absolute atomic E-state index is 0.00740. The van der Waals surface area contributed by atoms with Gasteiger partial charge < -0.3 is 10.6 Å². The number of nitrogens with one attached hydrogen (secondary N) is 2. The second-order valence-electron chi connectivity index (χ2n) is 5.58. The summed E-state index contributed by atoms with van der Waals surface area (Å²) in [6, 6.07) is 0. The molecule has 0 saturated carbocycles. The average molecular weight is 295 g/mol. The van der Waals surface area contributed by atoms with Gasteiger partial charge in [0.25, 0.3) is 5.56 Å². The van der Waals surface area contributed by atoms with Gasteiger partial charge in [-0.1, -0.05) is 6.92 Å². The number of nitrogens with two attached hydrogens (primary N) is 1. The average Bonchev–Trinajstić information content (AvgIpc) is 2.44. The van der Waals surface area contributed by atoms with E-state index in [0.29, 0.717) is 13.0 Å². The van der Waals surface area contributed by atoms with Crippen LogP contribution in [0.1, 0.15) is 43.0 Å². The number of ketones is 1. The highest BCUT2D eigenvalue weighted by Crippen LogP contribution is 2.05. The van der Waals surface area contributed by atoms with Crippen molar-refractivity contribution in [1.29, 1.82) is 0 Å². The third kappa shape index (κ3) is 3.41. The molecule has 21 heavy (non-hydrogen) atoms. The van der Waals surface area contributed by atoms with Crippen molar-refractivity contribution in [2.45, 2.75) is 39.2 Å². The molecule has 0 aromatic carbocycles. The van der Waals surface area contributed by atoms with E-state index in [4.69, 9.17) is 5.73 Å². The molecule has 0 spiro atoms. The molecule has 1 aromatic rings. The number of aromatic amines is 1. The van der Waals surface area contributed by atoms with E-state index in [1.165, 1.54) is 15.9 Å². The molecule has 0 aliphatic carbocycles. The number of carbonyl (C=O) groups is 1. The first-order valence-corrected chi connectivity index (χ1v) is 7.54. The minimum atomic E-state index is -0.675. The number of nitrogen functional groups attached to an aromatic ring is 1. The van der Waals surface area contributed by atoms with E-state index in [9.17, 15) is 14.4 Å². The lowest BCUT2D eigenvalue weighted by Gasteiger charge is -2.22. The molecular formula is C14H23N4O3+. The zero-order valence-electron chi connectivity index (χ0n) is 12.4. The maximum absolute atomic E-state index is 12.4. The van der Waals surface area contributed by atoms with Gasteiger partial charge in [0.05, 0.1) is 13.1 Å². The first-order chi connectivity index (χ1) is 10.0. The molecule has 0 bridgehead atoms. The molecule has 7 heteroatoms. The molecular weight excluding hydrogens is 272 g/mol. The monoisotopic (exact) mass is 295 g/mol. The van der Waals surface area contributed by atoms with Gasteiger partial charge >= 0.3 is 5.69 Å². The molecule has 0 radical (unpaired) electrons. The molecule has 0 amide bonds. The van der Waals surface area contributed by atoms with Gasteiger partial charge in [0.1, 0.15) is 17.9 Å². The van der Waals surface area contributed by atoms with Crippen molar-refractivity contribution in [1.82, 2.24) is 9.55 Å². The summed E-state index contributed by atoms with van der Waals surface area (Å²) in [4.78, 5) is 39.4. The van der Waals surface area contributed by atoms with Crippen molar-refractivity contribution in [3.05, 3.63) is 26.4 Å². The molecule has 2 heterocycles. The number of Topliss-reactive ketones (excluding diaryl/α,β-unsaturated/α-hetero) is 1. The molecule has 0 unspecified atom stereocenters. The van der Waals surface area contributed by atoms with Crippen LogP contribution in [-0.2, 0) is 6.54 Å². The van der Waals surface area contributed by atoms with Crippen LogP contribution in [0.25, 0.3) is 0 Å².